The first-order valence-corrected chi connectivity index (χ1v) is 8.37. The predicted molar refractivity (Wildman–Crippen MR) is 104 cm³/mol. The van der Waals surface area contributed by atoms with Crippen molar-refractivity contribution in [1.29, 1.82) is 0 Å². The van der Waals surface area contributed by atoms with E-state index in [1.807, 2.05) is 42.5 Å². The number of benzene rings is 3. The standard InChI is InChI=1S/C23H21NO/c1-17(18-9-4-2-5-10-18)23-20(15-16-22(24)25)13-8-14-21(23)19-11-6-3-7-12-19/h2-17H,1H3,(H2,24,25)/b16-15+. The van der Waals surface area contributed by atoms with Crippen LogP contribution >= 0.6 is 0 Å². The summed E-state index contributed by atoms with van der Waals surface area (Å²) < 4.78 is 0. The molecule has 25 heavy (non-hydrogen) atoms. The van der Waals surface area contributed by atoms with Gasteiger partial charge in [-0.25, -0.2) is 0 Å². The minimum absolute atomic E-state index is 0.185. The molecule has 3 aromatic rings. The van der Waals surface area contributed by atoms with Crippen LogP contribution in [0.5, 0.6) is 0 Å². The molecule has 1 unspecified atom stereocenters. The van der Waals surface area contributed by atoms with Crippen molar-refractivity contribution in [2.45, 2.75) is 12.8 Å². The maximum Gasteiger partial charge on any atom is 0.241 e. The van der Waals surface area contributed by atoms with E-state index >= 15 is 0 Å². The Bertz CT molecular complexity index is 882. The van der Waals surface area contributed by atoms with E-state index in [2.05, 4.69) is 49.4 Å². The molecule has 3 rings (SSSR count). The van der Waals surface area contributed by atoms with E-state index in [9.17, 15) is 4.79 Å². The van der Waals surface area contributed by atoms with Crippen molar-refractivity contribution in [3.63, 3.8) is 0 Å². The van der Waals surface area contributed by atoms with Crippen LogP contribution in [0, 0.1) is 0 Å². The highest BCUT2D eigenvalue weighted by molar-refractivity contribution is 5.91. The van der Waals surface area contributed by atoms with Gasteiger partial charge in [0.1, 0.15) is 0 Å². The Kier molecular flexibility index (Phi) is 5.10. The molecule has 1 atom stereocenters. The first-order valence-electron chi connectivity index (χ1n) is 8.37. The Balaban J connectivity index is 2.19. The number of hydrogen-bond acceptors (Lipinski definition) is 1. The number of amides is 1. The quantitative estimate of drug-likeness (QED) is 0.658. The van der Waals surface area contributed by atoms with Gasteiger partial charge in [-0.15, -0.1) is 0 Å². The third-order valence-electron chi connectivity index (χ3n) is 4.38. The molecule has 0 saturated carbocycles. The Morgan fingerprint density at radius 2 is 1.52 bits per heavy atom. The normalized spacial score (nSPS) is 12.2. The number of primary amides is 1. The molecule has 2 nitrogen and oxygen atoms in total. The van der Waals surface area contributed by atoms with Crippen molar-refractivity contribution in [3.05, 3.63) is 102 Å². The fourth-order valence-corrected chi connectivity index (χ4v) is 3.16. The first-order chi connectivity index (χ1) is 12.2. The van der Waals surface area contributed by atoms with Crippen LogP contribution in [0.25, 0.3) is 17.2 Å². The topological polar surface area (TPSA) is 43.1 Å². The summed E-state index contributed by atoms with van der Waals surface area (Å²) in [5.74, 6) is -0.256. The maximum atomic E-state index is 11.2. The number of rotatable bonds is 5. The fourth-order valence-electron chi connectivity index (χ4n) is 3.16. The second-order valence-electron chi connectivity index (χ2n) is 6.04. The molecule has 0 radical (unpaired) electrons. The van der Waals surface area contributed by atoms with E-state index in [4.69, 9.17) is 5.73 Å². The third-order valence-corrected chi connectivity index (χ3v) is 4.38. The number of carbonyl (C=O) groups is 1. The second kappa shape index (κ2) is 7.63. The number of carbonyl (C=O) groups excluding carboxylic acids is 1. The van der Waals surface area contributed by atoms with Crippen molar-refractivity contribution in [3.8, 4) is 11.1 Å². The zero-order valence-corrected chi connectivity index (χ0v) is 14.2. The Morgan fingerprint density at radius 1 is 0.880 bits per heavy atom. The third kappa shape index (κ3) is 3.86. The van der Waals surface area contributed by atoms with Gasteiger partial charge in [0, 0.05) is 12.0 Å². The molecule has 2 N–H and O–H groups in total. The summed E-state index contributed by atoms with van der Waals surface area (Å²) in [5.41, 5.74) is 11.1. The first kappa shape index (κ1) is 16.7. The van der Waals surface area contributed by atoms with Gasteiger partial charge in [-0.2, -0.15) is 0 Å². The molecule has 0 bridgehead atoms. The summed E-state index contributed by atoms with van der Waals surface area (Å²) in [6, 6.07) is 26.9. The van der Waals surface area contributed by atoms with Gasteiger partial charge in [-0.1, -0.05) is 85.8 Å². The number of hydrogen-bond donors (Lipinski definition) is 1. The van der Waals surface area contributed by atoms with Crippen molar-refractivity contribution in [1.82, 2.24) is 0 Å². The molecule has 0 heterocycles. The molecule has 124 valence electrons. The zero-order valence-electron chi connectivity index (χ0n) is 14.2. The lowest BCUT2D eigenvalue weighted by atomic mass is 9.84. The molecular formula is C23H21NO. The van der Waals surface area contributed by atoms with Crippen LogP contribution in [0.4, 0.5) is 0 Å². The summed E-state index contributed by atoms with van der Waals surface area (Å²) in [7, 11) is 0. The van der Waals surface area contributed by atoms with Gasteiger partial charge >= 0.3 is 0 Å². The van der Waals surface area contributed by atoms with Gasteiger partial charge in [0.15, 0.2) is 0 Å². The van der Waals surface area contributed by atoms with Gasteiger partial charge in [0.05, 0.1) is 0 Å². The lowest BCUT2D eigenvalue weighted by Crippen LogP contribution is -2.06. The lowest BCUT2D eigenvalue weighted by molar-refractivity contribution is -0.113. The molecule has 0 aliphatic heterocycles. The van der Waals surface area contributed by atoms with E-state index in [0.29, 0.717) is 0 Å². The monoisotopic (exact) mass is 327 g/mol. The minimum Gasteiger partial charge on any atom is -0.366 e. The van der Waals surface area contributed by atoms with Crippen LogP contribution in [0.1, 0.15) is 29.5 Å². The largest absolute Gasteiger partial charge is 0.366 e. The highest BCUT2D eigenvalue weighted by Crippen LogP contribution is 2.36. The van der Waals surface area contributed by atoms with Crippen LogP contribution in [0.3, 0.4) is 0 Å². The molecule has 0 spiro atoms. The highest BCUT2D eigenvalue weighted by Gasteiger charge is 2.17. The number of nitrogens with two attached hydrogens (primary N) is 1. The molecule has 0 aliphatic carbocycles. The average molecular weight is 327 g/mol. The Labute approximate surface area is 148 Å². The average Bonchev–Trinajstić information content (AvgIpc) is 2.67. The minimum atomic E-state index is -0.441. The summed E-state index contributed by atoms with van der Waals surface area (Å²) in [6.45, 7) is 2.19. The van der Waals surface area contributed by atoms with Crippen molar-refractivity contribution < 1.29 is 4.79 Å². The fraction of sp³-hybridized carbons (Fsp3) is 0.0870. The zero-order chi connectivity index (χ0) is 17.6. The SMILES string of the molecule is CC(c1ccccc1)c1c(/C=C/C(N)=O)cccc1-c1ccccc1. The van der Waals surface area contributed by atoms with Crippen LogP contribution < -0.4 is 5.73 Å². The lowest BCUT2D eigenvalue weighted by Gasteiger charge is -2.20. The van der Waals surface area contributed by atoms with Crippen molar-refractivity contribution in [2.24, 2.45) is 5.73 Å². The molecule has 1 amide bonds. The van der Waals surface area contributed by atoms with E-state index in [-0.39, 0.29) is 5.92 Å². The summed E-state index contributed by atoms with van der Waals surface area (Å²) in [6.07, 6.45) is 3.23. The predicted octanol–water partition coefficient (Wildman–Crippen LogP) is 5.00. The summed E-state index contributed by atoms with van der Waals surface area (Å²) in [5, 5.41) is 0. The van der Waals surface area contributed by atoms with Crippen molar-refractivity contribution >= 4 is 12.0 Å². The molecular weight excluding hydrogens is 306 g/mol. The van der Waals surface area contributed by atoms with E-state index in [0.717, 1.165) is 11.1 Å². The van der Waals surface area contributed by atoms with Gasteiger partial charge in [-0.05, 0) is 33.9 Å². The Morgan fingerprint density at radius 3 is 2.16 bits per heavy atom. The van der Waals surface area contributed by atoms with Crippen LogP contribution in [0.2, 0.25) is 0 Å². The molecule has 0 aromatic heterocycles. The maximum absolute atomic E-state index is 11.2. The van der Waals surface area contributed by atoms with Crippen LogP contribution in [-0.2, 0) is 4.79 Å². The van der Waals surface area contributed by atoms with Gasteiger partial charge < -0.3 is 5.73 Å². The van der Waals surface area contributed by atoms with E-state index in [1.54, 1.807) is 0 Å². The van der Waals surface area contributed by atoms with Gasteiger partial charge in [-0.3, -0.25) is 4.79 Å². The molecule has 3 aromatic carbocycles. The van der Waals surface area contributed by atoms with Crippen LogP contribution in [0.15, 0.2) is 84.9 Å². The van der Waals surface area contributed by atoms with Gasteiger partial charge in [0.25, 0.3) is 0 Å². The molecule has 0 fully saturated rings. The summed E-state index contributed by atoms with van der Waals surface area (Å²) in [4.78, 5) is 11.2. The molecule has 2 heteroatoms. The van der Waals surface area contributed by atoms with E-state index < -0.39 is 5.91 Å². The molecule has 0 saturated heterocycles. The van der Waals surface area contributed by atoms with Gasteiger partial charge in [0.2, 0.25) is 5.91 Å². The second-order valence-corrected chi connectivity index (χ2v) is 6.04. The van der Waals surface area contributed by atoms with E-state index in [1.165, 1.54) is 22.8 Å². The van der Waals surface area contributed by atoms with Crippen LogP contribution in [-0.4, -0.2) is 5.91 Å². The highest BCUT2D eigenvalue weighted by atomic mass is 16.1. The summed E-state index contributed by atoms with van der Waals surface area (Å²) >= 11 is 0. The smallest absolute Gasteiger partial charge is 0.241 e. The Hall–Kier alpha value is -3.13. The molecule has 0 aliphatic rings. The van der Waals surface area contributed by atoms with Crippen molar-refractivity contribution in [2.75, 3.05) is 0 Å².